The number of aromatic nitrogens is 1. The quantitative estimate of drug-likeness (QED) is 0.635. The maximum Gasteiger partial charge on any atom is 0.293 e. The lowest BCUT2D eigenvalue weighted by molar-refractivity contribution is -0.0624. The van der Waals surface area contributed by atoms with Gasteiger partial charge in [0.2, 0.25) is 5.88 Å². The number of halogens is 2. The van der Waals surface area contributed by atoms with E-state index in [0.717, 1.165) is 5.56 Å². The smallest absolute Gasteiger partial charge is 0.293 e. The van der Waals surface area contributed by atoms with E-state index in [4.69, 9.17) is 10.5 Å². The lowest BCUT2D eigenvalue weighted by atomic mass is 9.82. The molecule has 1 saturated heterocycles. The van der Waals surface area contributed by atoms with Gasteiger partial charge in [0, 0.05) is 12.6 Å². The number of rotatable bonds is 6. The van der Waals surface area contributed by atoms with Crippen LogP contribution in [0.15, 0.2) is 42.6 Å². The Balaban J connectivity index is 1.74. The zero-order valence-electron chi connectivity index (χ0n) is 14.1. The SMILES string of the molecule is Nc1cc(C2CN([B]C=O)CCC2(F)F)cnc1OCc1ccccc1. The van der Waals surface area contributed by atoms with Gasteiger partial charge < -0.3 is 20.1 Å². The van der Waals surface area contributed by atoms with E-state index in [1.807, 2.05) is 30.3 Å². The molecule has 1 aromatic carbocycles. The van der Waals surface area contributed by atoms with Crippen molar-refractivity contribution in [2.45, 2.75) is 24.9 Å². The fourth-order valence-electron chi connectivity index (χ4n) is 3.02. The third-order valence-electron chi connectivity index (χ3n) is 4.45. The molecule has 1 aliphatic rings. The van der Waals surface area contributed by atoms with E-state index < -0.39 is 11.8 Å². The van der Waals surface area contributed by atoms with Gasteiger partial charge in [0.1, 0.15) is 6.61 Å². The summed E-state index contributed by atoms with van der Waals surface area (Å²) in [7, 11) is 1.29. The molecule has 0 saturated carbocycles. The first kappa shape index (κ1) is 18.3. The van der Waals surface area contributed by atoms with Crippen molar-refractivity contribution in [2.24, 2.45) is 0 Å². The van der Waals surface area contributed by atoms with Crippen molar-refractivity contribution in [3.63, 3.8) is 0 Å². The first-order valence-corrected chi connectivity index (χ1v) is 8.32. The Labute approximate surface area is 151 Å². The number of carbonyl (C=O) groups is 1. The van der Waals surface area contributed by atoms with Crippen molar-refractivity contribution >= 4 is 19.3 Å². The fourth-order valence-corrected chi connectivity index (χ4v) is 3.02. The van der Waals surface area contributed by atoms with Crippen LogP contribution in [0.3, 0.4) is 0 Å². The zero-order chi connectivity index (χ0) is 18.6. The molecule has 3 rings (SSSR count). The minimum absolute atomic E-state index is 0.0388. The van der Waals surface area contributed by atoms with Crippen LogP contribution in [0.25, 0.3) is 0 Å². The Morgan fingerprint density at radius 1 is 1.38 bits per heavy atom. The Hall–Kier alpha value is -2.48. The van der Waals surface area contributed by atoms with Crippen LogP contribution in [0.5, 0.6) is 5.88 Å². The highest BCUT2D eigenvalue weighted by Gasteiger charge is 2.45. The van der Waals surface area contributed by atoms with Crippen LogP contribution >= 0.6 is 0 Å². The number of hydrogen-bond acceptors (Lipinski definition) is 5. The largest absolute Gasteiger partial charge is 0.471 e. The lowest BCUT2D eigenvalue weighted by Gasteiger charge is -2.37. The van der Waals surface area contributed by atoms with E-state index in [9.17, 15) is 13.6 Å². The molecule has 0 bridgehead atoms. The Morgan fingerprint density at radius 2 is 2.15 bits per heavy atom. The monoisotopic (exact) mass is 358 g/mol. The molecule has 1 aromatic heterocycles. The number of nitrogens with two attached hydrogens (primary N) is 1. The second-order valence-electron chi connectivity index (χ2n) is 6.28. The number of anilines is 1. The molecule has 135 valence electrons. The van der Waals surface area contributed by atoms with Crippen molar-refractivity contribution in [3.8, 4) is 5.88 Å². The number of piperidine rings is 1. The Morgan fingerprint density at radius 3 is 2.85 bits per heavy atom. The minimum Gasteiger partial charge on any atom is -0.471 e. The maximum absolute atomic E-state index is 14.3. The van der Waals surface area contributed by atoms with E-state index >= 15 is 0 Å². The third kappa shape index (κ3) is 4.19. The van der Waals surface area contributed by atoms with Crippen molar-refractivity contribution in [1.82, 2.24) is 9.79 Å². The van der Waals surface area contributed by atoms with Gasteiger partial charge in [-0.1, -0.05) is 30.3 Å². The van der Waals surface area contributed by atoms with Crippen molar-refractivity contribution in [3.05, 3.63) is 53.7 Å². The summed E-state index contributed by atoms with van der Waals surface area (Å²) in [6.07, 6.45) is 1.65. The van der Waals surface area contributed by atoms with Crippen LogP contribution in [0, 0.1) is 0 Å². The number of ether oxygens (including phenoxy) is 1. The molecule has 0 aliphatic carbocycles. The van der Waals surface area contributed by atoms with Gasteiger partial charge in [-0.15, -0.1) is 0 Å². The molecule has 0 amide bonds. The van der Waals surface area contributed by atoms with Crippen molar-refractivity contribution in [2.75, 3.05) is 18.8 Å². The zero-order valence-corrected chi connectivity index (χ0v) is 14.1. The predicted molar refractivity (Wildman–Crippen MR) is 95.8 cm³/mol. The molecule has 1 fully saturated rings. The highest BCUT2D eigenvalue weighted by molar-refractivity contribution is 6.64. The van der Waals surface area contributed by atoms with E-state index in [1.54, 1.807) is 4.81 Å². The number of nitrogens with zero attached hydrogens (tertiary/aromatic N) is 2. The number of carbonyl (C=O) groups excluding carboxylic acids is 1. The summed E-state index contributed by atoms with van der Waals surface area (Å²) in [4.78, 5) is 16.3. The molecule has 5 nitrogen and oxygen atoms in total. The number of nitrogen functional groups attached to an aromatic ring is 1. The van der Waals surface area contributed by atoms with Gasteiger partial charge in [0.25, 0.3) is 13.3 Å². The molecular formula is C18H19BF2N3O2. The summed E-state index contributed by atoms with van der Waals surface area (Å²) in [5, 5.41) is 0. The molecule has 26 heavy (non-hydrogen) atoms. The summed E-state index contributed by atoms with van der Waals surface area (Å²) in [5.41, 5.74) is 7.47. The van der Waals surface area contributed by atoms with E-state index in [2.05, 4.69) is 4.98 Å². The van der Waals surface area contributed by atoms with Crippen LogP contribution < -0.4 is 10.5 Å². The van der Waals surface area contributed by atoms with Crippen LogP contribution in [0.1, 0.15) is 23.5 Å². The molecule has 1 unspecified atom stereocenters. The summed E-state index contributed by atoms with van der Waals surface area (Å²) in [6, 6.07) is 11.0. The van der Waals surface area contributed by atoms with E-state index in [-0.39, 0.29) is 31.1 Å². The van der Waals surface area contributed by atoms with Gasteiger partial charge >= 0.3 is 0 Å². The highest BCUT2D eigenvalue weighted by atomic mass is 19.3. The molecule has 1 aliphatic heterocycles. The molecule has 2 heterocycles. The summed E-state index contributed by atoms with van der Waals surface area (Å²) in [5.74, 6) is -3.74. The minimum atomic E-state index is -2.88. The van der Waals surface area contributed by atoms with Gasteiger partial charge in [-0.25, -0.2) is 13.8 Å². The molecule has 2 N–H and O–H groups in total. The number of pyridine rings is 1. The summed E-state index contributed by atoms with van der Waals surface area (Å²) in [6.45, 7) is 0.472. The third-order valence-corrected chi connectivity index (χ3v) is 4.45. The fraction of sp³-hybridized carbons (Fsp3) is 0.333. The number of benzene rings is 1. The van der Waals surface area contributed by atoms with Crippen LogP contribution in [0.2, 0.25) is 0 Å². The van der Waals surface area contributed by atoms with Gasteiger partial charge in [-0.3, -0.25) is 0 Å². The summed E-state index contributed by atoms with van der Waals surface area (Å²) >= 11 is 0. The second kappa shape index (κ2) is 7.82. The number of alkyl halides is 2. The van der Waals surface area contributed by atoms with Crippen molar-refractivity contribution in [1.29, 1.82) is 0 Å². The standard InChI is InChI=1S/C18H19BF2N3O2/c20-18(21)6-7-24(19-12-25)10-15(18)14-8-16(22)17(23-9-14)26-11-13-4-2-1-3-5-13/h1-5,8-9,12,15H,6-7,10-11,22H2. The highest BCUT2D eigenvalue weighted by Crippen LogP contribution is 2.41. The lowest BCUT2D eigenvalue weighted by Crippen LogP contribution is -2.47. The van der Waals surface area contributed by atoms with Gasteiger partial charge in [-0.05, 0) is 30.3 Å². The Bertz CT molecular complexity index is 761. The Kier molecular flexibility index (Phi) is 5.51. The second-order valence-corrected chi connectivity index (χ2v) is 6.28. The first-order chi connectivity index (χ1) is 12.5. The van der Waals surface area contributed by atoms with Gasteiger partial charge in [0.05, 0.1) is 17.8 Å². The van der Waals surface area contributed by atoms with Crippen molar-refractivity contribution < 1.29 is 18.3 Å². The van der Waals surface area contributed by atoms with Gasteiger partial charge in [-0.2, -0.15) is 0 Å². The van der Waals surface area contributed by atoms with Crippen LogP contribution in [0.4, 0.5) is 14.5 Å². The molecule has 1 atom stereocenters. The topological polar surface area (TPSA) is 68.5 Å². The van der Waals surface area contributed by atoms with Gasteiger partial charge in [0.15, 0.2) is 0 Å². The summed E-state index contributed by atoms with van der Waals surface area (Å²) < 4.78 is 34.3. The normalized spacial score (nSPS) is 19.7. The molecular weight excluding hydrogens is 339 g/mol. The average Bonchev–Trinajstić information content (AvgIpc) is 2.63. The van der Waals surface area contributed by atoms with Crippen LogP contribution in [-0.4, -0.2) is 42.4 Å². The average molecular weight is 358 g/mol. The van der Waals surface area contributed by atoms with Crippen LogP contribution in [-0.2, 0) is 11.4 Å². The maximum atomic E-state index is 14.3. The first-order valence-electron chi connectivity index (χ1n) is 8.32. The molecule has 1 radical (unpaired) electrons. The predicted octanol–water partition coefficient (Wildman–Crippen LogP) is 2.48. The van der Waals surface area contributed by atoms with E-state index in [1.165, 1.54) is 19.7 Å². The number of hydrogen-bond donors (Lipinski definition) is 1. The molecule has 8 heteroatoms. The molecule has 0 spiro atoms. The molecule has 2 aromatic rings. The van der Waals surface area contributed by atoms with E-state index in [0.29, 0.717) is 18.4 Å².